The average molecular weight is 219 g/mol. The predicted molar refractivity (Wildman–Crippen MR) is 65.0 cm³/mol. The molecule has 1 saturated heterocycles. The van der Waals surface area contributed by atoms with Gasteiger partial charge in [-0.1, -0.05) is 12.3 Å². The van der Waals surface area contributed by atoms with Gasteiger partial charge in [-0.3, -0.25) is 9.69 Å². The molecule has 2 nitrogen and oxygen atoms in total. The third kappa shape index (κ3) is 2.47. The molecule has 0 N–H and O–H groups in total. The number of hydrogen-bond acceptors (Lipinski definition) is 2. The third-order valence-corrected chi connectivity index (χ3v) is 3.94. The fourth-order valence-electron chi connectivity index (χ4n) is 3.10. The van der Waals surface area contributed by atoms with E-state index in [1.165, 1.54) is 19.3 Å². The minimum Gasteiger partial charge on any atom is -0.299 e. The van der Waals surface area contributed by atoms with Crippen LogP contribution in [0.5, 0.6) is 0 Å². The first kappa shape index (κ1) is 11.7. The number of Topliss-reactive ketones (excluding diaryl/α,β-unsaturated/α-hetero) is 1. The summed E-state index contributed by atoms with van der Waals surface area (Å²) in [6.45, 7) is 3.87. The van der Waals surface area contributed by atoms with Crippen LogP contribution in [0.4, 0.5) is 0 Å². The lowest BCUT2D eigenvalue weighted by Gasteiger charge is -2.31. The monoisotopic (exact) mass is 219 g/mol. The molecule has 0 aromatic heterocycles. The summed E-state index contributed by atoms with van der Waals surface area (Å²) in [7, 11) is 0. The smallest absolute Gasteiger partial charge is 0.137 e. The topological polar surface area (TPSA) is 20.3 Å². The Kier molecular flexibility index (Phi) is 4.01. The summed E-state index contributed by atoms with van der Waals surface area (Å²) in [5, 5.41) is 0. The minimum atomic E-state index is 0.315. The first-order chi connectivity index (χ1) is 7.83. The van der Waals surface area contributed by atoms with E-state index in [2.05, 4.69) is 16.7 Å². The van der Waals surface area contributed by atoms with Crippen molar-refractivity contribution in [1.82, 2.24) is 4.90 Å². The van der Waals surface area contributed by atoms with Gasteiger partial charge in [0.25, 0.3) is 0 Å². The van der Waals surface area contributed by atoms with E-state index >= 15 is 0 Å². The Balaban J connectivity index is 1.99. The lowest BCUT2D eigenvalue weighted by molar-refractivity contribution is -0.126. The molecule has 2 atom stereocenters. The molecule has 1 heterocycles. The van der Waals surface area contributed by atoms with Gasteiger partial charge in [0.1, 0.15) is 5.78 Å². The first-order valence-electron chi connectivity index (χ1n) is 6.49. The van der Waals surface area contributed by atoms with Crippen molar-refractivity contribution in [3.63, 3.8) is 0 Å². The van der Waals surface area contributed by atoms with E-state index < -0.39 is 0 Å². The summed E-state index contributed by atoms with van der Waals surface area (Å²) in [5.41, 5.74) is 0. The molecule has 0 amide bonds. The van der Waals surface area contributed by atoms with Crippen molar-refractivity contribution in [2.75, 3.05) is 13.1 Å². The van der Waals surface area contributed by atoms with Crippen LogP contribution in [-0.4, -0.2) is 29.8 Å². The maximum Gasteiger partial charge on any atom is 0.137 e. The zero-order chi connectivity index (χ0) is 11.4. The second-order valence-corrected chi connectivity index (χ2v) is 4.93. The summed E-state index contributed by atoms with van der Waals surface area (Å²) in [6, 6.07) is 0.494. The zero-order valence-corrected chi connectivity index (χ0v) is 10.2. The number of carbonyl (C=O) groups is 1. The molecule has 2 unspecified atom stereocenters. The Morgan fingerprint density at radius 2 is 2.19 bits per heavy atom. The van der Waals surface area contributed by atoms with Crippen molar-refractivity contribution >= 4 is 5.78 Å². The molecule has 88 valence electrons. The van der Waals surface area contributed by atoms with Crippen LogP contribution in [0.1, 0.15) is 45.4 Å². The molecule has 1 aliphatic heterocycles. The van der Waals surface area contributed by atoms with Crippen LogP contribution in [0.3, 0.4) is 0 Å². The molecular weight excluding hydrogens is 198 g/mol. The van der Waals surface area contributed by atoms with Crippen LogP contribution in [0.15, 0.2) is 0 Å². The number of likely N-dealkylation sites (tertiary alicyclic amines) is 1. The van der Waals surface area contributed by atoms with Gasteiger partial charge >= 0.3 is 0 Å². The van der Waals surface area contributed by atoms with Crippen LogP contribution in [0, 0.1) is 17.8 Å². The van der Waals surface area contributed by atoms with Gasteiger partial charge in [-0.05, 0) is 39.2 Å². The Bertz CT molecular complexity index is 312. The van der Waals surface area contributed by atoms with Crippen molar-refractivity contribution in [3.05, 3.63) is 0 Å². The van der Waals surface area contributed by atoms with Crippen LogP contribution < -0.4 is 0 Å². The van der Waals surface area contributed by atoms with Crippen molar-refractivity contribution < 1.29 is 4.79 Å². The Morgan fingerprint density at radius 3 is 2.94 bits per heavy atom. The van der Waals surface area contributed by atoms with Gasteiger partial charge in [-0.15, -0.1) is 5.92 Å². The highest BCUT2D eigenvalue weighted by Crippen LogP contribution is 2.31. The van der Waals surface area contributed by atoms with Gasteiger partial charge in [0, 0.05) is 18.4 Å². The number of rotatable bonds is 2. The zero-order valence-electron chi connectivity index (χ0n) is 10.2. The normalized spacial score (nSPS) is 31.2. The van der Waals surface area contributed by atoms with Crippen LogP contribution in [-0.2, 0) is 4.79 Å². The van der Waals surface area contributed by atoms with Crippen molar-refractivity contribution in [1.29, 1.82) is 0 Å². The van der Waals surface area contributed by atoms with Crippen molar-refractivity contribution in [3.8, 4) is 11.8 Å². The third-order valence-electron chi connectivity index (χ3n) is 3.94. The molecule has 16 heavy (non-hydrogen) atoms. The largest absolute Gasteiger partial charge is 0.299 e. The summed E-state index contributed by atoms with van der Waals surface area (Å²) in [6.07, 6.45) is 6.70. The SMILES string of the molecule is CC#CCN1CCCC1C1CCCCC1=O. The fourth-order valence-corrected chi connectivity index (χ4v) is 3.10. The molecular formula is C14H21NO. The summed E-state index contributed by atoms with van der Waals surface area (Å²) in [4.78, 5) is 14.4. The fraction of sp³-hybridized carbons (Fsp3) is 0.786. The first-order valence-corrected chi connectivity index (χ1v) is 6.49. The maximum atomic E-state index is 11.9. The molecule has 0 bridgehead atoms. The minimum absolute atomic E-state index is 0.315. The molecule has 0 aromatic carbocycles. The van der Waals surface area contributed by atoms with Crippen LogP contribution in [0.2, 0.25) is 0 Å². The van der Waals surface area contributed by atoms with E-state index in [0.717, 1.165) is 32.4 Å². The highest BCUT2D eigenvalue weighted by atomic mass is 16.1. The Labute approximate surface area is 98.4 Å². The molecule has 2 aliphatic rings. The maximum absolute atomic E-state index is 11.9. The van der Waals surface area contributed by atoms with Crippen molar-refractivity contribution in [2.24, 2.45) is 5.92 Å². The van der Waals surface area contributed by atoms with Gasteiger partial charge in [0.15, 0.2) is 0 Å². The Morgan fingerprint density at radius 1 is 1.31 bits per heavy atom. The van der Waals surface area contributed by atoms with E-state index in [-0.39, 0.29) is 0 Å². The molecule has 0 spiro atoms. The van der Waals surface area contributed by atoms with Gasteiger partial charge in [0.2, 0.25) is 0 Å². The van der Waals surface area contributed by atoms with Crippen LogP contribution in [0.25, 0.3) is 0 Å². The van der Waals surface area contributed by atoms with E-state index in [9.17, 15) is 4.79 Å². The van der Waals surface area contributed by atoms with E-state index in [4.69, 9.17) is 0 Å². The van der Waals surface area contributed by atoms with E-state index in [1.54, 1.807) is 0 Å². The summed E-state index contributed by atoms with van der Waals surface area (Å²) in [5.74, 6) is 6.91. The quantitative estimate of drug-likeness (QED) is 0.664. The molecule has 0 aromatic rings. The standard InChI is InChI=1S/C14H21NO/c1-2-3-10-15-11-6-8-13(15)12-7-4-5-9-14(12)16/h12-13H,4-11H2,1H3. The van der Waals surface area contributed by atoms with Gasteiger partial charge in [0.05, 0.1) is 6.54 Å². The summed E-state index contributed by atoms with van der Waals surface area (Å²) < 4.78 is 0. The molecule has 1 saturated carbocycles. The van der Waals surface area contributed by atoms with Crippen LogP contribution >= 0.6 is 0 Å². The predicted octanol–water partition coefficient (Wildman–Crippen LogP) is 2.23. The van der Waals surface area contributed by atoms with E-state index in [1.807, 2.05) is 6.92 Å². The number of nitrogens with zero attached hydrogens (tertiary/aromatic N) is 1. The second-order valence-electron chi connectivity index (χ2n) is 4.93. The number of carbonyl (C=O) groups excluding carboxylic acids is 1. The number of hydrogen-bond donors (Lipinski definition) is 0. The lowest BCUT2D eigenvalue weighted by atomic mass is 9.82. The summed E-state index contributed by atoms with van der Waals surface area (Å²) >= 11 is 0. The van der Waals surface area contributed by atoms with E-state index in [0.29, 0.717) is 17.7 Å². The second kappa shape index (κ2) is 5.50. The van der Waals surface area contributed by atoms with Gasteiger partial charge in [-0.2, -0.15) is 0 Å². The average Bonchev–Trinajstić information content (AvgIpc) is 2.75. The number of ketones is 1. The highest BCUT2D eigenvalue weighted by molar-refractivity contribution is 5.82. The van der Waals surface area contributed by atoms with Gasteiger partial charge in [-0.25, -0.2) is 0 Å². The Hall–Kier alpha value is -0.810. The lowest BCUT2D eigenvalue weighted by Crippen LogP contribution is -2.40. The molecule has 2 fully saturated rings. The molecule has 1 aliphatic carbocycles. The molecule has 2 heteroatoms. The molecule has 0 radical (unpaired) electrons. The van der Waals surface area contributed by atoms with Crippen molar-refractivity contribution in [2.45, 2.75) is 51.5 Å². The van der Waals surface area contributed by atoms with Gasteiger partial charge < -0.3 is 0 Å². The highest BCUT2D eigenvalue weighted by Gasteiger charge is 2.36. The molecule has 2 rings (SSSR count).